The van der Waals surface area contributed by atoms with Crippen LogP contribution < -0.4 is 5.73 Å². The standard InChI is InChI=1S/C15H19N3/c1-10-8-12(16)14-13(9-10)18(2)17-15(14)11-6-4-3-5-7-11/h3-7,10,12H,8-9,16H2,1-2H3. The van der Waals surface area contributed by atoms with Crippen molar-refractivity contribution in [2.24, 2.45) is 18.7 Å². The number of hydrogen-bond acceptors (Lipinski definition) is 2. The normalized spacial score (nSPS) is 22.8. The molecule has 0 spiro atoms. The van der Waals surface area contributed by atoms with Crippen molar-refractivity contribution < 1.29 is 0 Å². The molecule has 2 aromatic rings. The van der Waals surface area contributed by atoms with Gasteiger partial charge in [-0.15, -0.1) is 0 Å². The van der Waals surface area contributed by atoms with E-state index in [0.29, 0.717) is 5.92 Å². The van der Waals surface area contributed by atoms with Gasteiger partial charge in [0.05, 0.1) is 5.69 Å². The predicted molar refractivity (Wildman–Crippen MR) is 73.1 cm³/mol. The number of aryl methyl sites for hydroxylation is 1. The van der Waals surface area contributed by atoms with Gasteiger partial charge in [0, 0.05) is 29.9 Å². The first-order chi connectivity index (χ1) is 8.66. The van der Waals surface area contributed by atoms with Gasteiger partial charge in [0.2, 0.25) is 0 Å². The van der Waals surface area contributed by atoms with Crippen LogP contribution in [0.15, 0.2) is 30.3 Å². The van der Waals surface area contributed by atoms with Crippen molar-refractivity contribution in [3.63, 3.8) is 0 Å². The molecule has 1 aromatic carbocycles. The minimum atomic E-state index is 0.118. The number of aromatic nitrogens is 2. The minimum Gasteiger partial charge on any atom is -0.324 e. The molecule has 1 aliphatic rings. The minimum absolute atomic E-state index is 0.118. The van der Waals surface area contributed by atoms with Crippen molar-refractivity contribution in [3.8, 4) is 11.3 Å². The summed E-state index contributed by atoms with van der Waals surface area (Å²) < 4.78 is 2.01. The van der Waals surface area contributed by atoms with Crippen LogP contribution in [-0.4, -0.2) is 9.78 Å². The fourth-order valence-electron chi connectivity index (χ4n) is 2.98. The molecule has 3 nitrogen and oxygen atoms in total. The van der Waals surface area contributed by atoms with Gasteiger partial charge < -0.3 is 5.73 Å². The molecule has 0 amide bonds. The maximum absolute atomic E-state index is 6.33. The molecule has 18 heavy (non-hydrogen) atoms. The highest BCUT2D eigenvalue weighted by Crippen LogP contribution is 2.37. The molecule has 1 aromatic heterocycles. The van der Waals surface area contributed by atoms with E-state index >= 15 is 0 Å². The average molecular weight is 241 g/mol. The van der Waals surface area contributed by atoms with E-state index in [-0.39, 0.29) is 6.04 Å². The van der Waals surface area contributed by atoms with Gasteiger partial charge in [-0.2, -0.15) is 5.10 Å². The van der Waals surface area contributed by atoms with Gasteiger partial charge in [0.25, 0.3) is 0 Å². The van der Waals surface area contributed by atoms with Gasteiger partial charge >= 0.3 is 0 Å². The van der Waals surface area contributed by atoms with Crippen LogP contribution in [0.25, 0.3) is 11.3 Å². The molecule has 1 aliphatic carbocycles. The summed E-state index contributed by atoms with van der Waals surface area (Å²) in [6.07, 6.45) is 2.14. The molecule has 1 heterocycles. The van der Waals surface area contributed by atoms with Gasteiger partial charge in [0.15, 0.2) is 0 Å². The van der Waals surface area contributed by atoms with Crippen LogP contribution in [0.2, 0.25) is 0 Å². The van der Waals surface area contributed by atoms with Crippen molar-refractivity contribution in [2.75, 3.05) is 0 Å². The van der Waals surface area contributed by atoms with Gasteiger partial charge in [-0.05, 0) is 18.8 Å². The van der Waals surface area contributed by atoms with Crippen LogP contribution in [-0.2, 0) is 13.5 Å². The molecule has 0 radical (unpaired) electrons. The van der Waals surface area contributed by atoms with E-state index in [4.69, 9.17) is 5.73 Å². The van der Waals surface area contributed by atoms with Gasteiger partial charge in [-0.1, -0.05) is 37.3 Å². The third kappa shape index (κ3) is 1.75. The lowest BCUT2D eigenvalue weighted by molar-refractivity contribution is 0.426. The van der Waals surface area contributed by atoms with Gasteiger partial charge in [0.1, 0.15) is 0 Å². The predicted octanol–water partition coefficient (Wildman–Crippen LogP) is 2.67. The Morgan fingerprint density at radius 2 is 2.00 bits per heavy atom. The Hall–Kier alpha value is -1.61. The van der Waals surface area contributed by atoms with Crippen molar-refractivity contribution >= 4 is 0 Å². The number of fused-ring (bicyclic) bond motifs is 1. The molecule has 94 valence electrons. The first-order valence-corrected chi connectivity index (χ1v) is 6.53. The fourth-order valence-corrected chi connectivity index (χ4v) is 2.98. The van der Waals surface area contributed by atoms with E-state index in [2.05, 4.69) is 24.2 Å². The number of nitrogens with zero attached hydrogens (tertiary/aromatic N) is 2. The summed E-state index contributed by atoms with van der Waals surface area (Å²) in [6.45, 7) is 2.26. The largest absolute Gasteiger partial charge is 0.324 e. The second kappa shape index (κ2) is 4.25. The number of benzene rings is 1. The first kappa shape index (κ1) is 11.5. The average Bonchev–Trinajstić information content (AvgIpc) is 2.68. The second-order valence-corrected chi connectivity index (χ2v) is 5.35. The van der Waals surface area contributed by atoms with Crippen molar-refractivity contribution in [1.29, 1.82) is 0 Å². The summed E-state index contributed by atoms with van der Waals surface area (Å²) in [5, 5.41) is 4.68. The summed E-state index contributed by atoms with van der Waals surface area (Å²) in [5.74, 6) is 0.645. The number of nitrogens with two attached hydrogens (primary N) is 1. The van der Waals surface area contributed by atoms with Crippen LogP contribution in [0.1, 0.15) is 30.6 Å². The molecule has 0 aliphatic heterocycles. The lowest BCUT2D eigenvalue weighted by Crippen LogP contribution is -2.23. The summed E-state index contributed by atoms with van der Waals surface area (Å²) in [4.78, 5) is 0. The third-order valence-electron chi connectivity index (χ3n) is 3.82. The van der Waals surface area contributed by atoms with E-state index < -0.39 is 0 Å². The quantitative estimate of drug-likeness (QED) is 0.834. The molecular weight excluding hydrogens is 222 g/mol. The maximum atomic E-state index is 6.33. The smallest absolute Gasteiger partial charge is 0.0973 e. The first-order valence-electron chi connectivity index (χ1n) is 6.53. The zero-order chi connectivity index (χ0) is 12.7. The monoisotopic (exact) mass is 241 g/mol. The molecule has 2 N–H and O–H groups in total. The Labute approximate surface area is 108 Å². The highest BCUT2D eigenvalue weighted by molar-refractivity contribution is 5.65. The van der Waals surface area contributed by atoms with Gasteiger partial charge in [-0.3, -0.25) is 4.68 Å². The molecule has 0 bridgehead atoms. The fraction of sp³-hybridized carbons (Fsp3) is 0.400. The topological polar surface area (TPSA) is 43.8 Å². The summed E-state index contributed by atoms with van der Waals surface area (Å²) >= 11 is 0. The van der Waals surface area contributed by atoms with Crippen LogP contribution in [0, 0.1) is 5.92 Å². The number of hydrogen-bond donors (Lipinski definition) is 1. The third-order valence-corrected chi connectivity index (χ3v) is 3.82. The zero-order valence-electron chi connectivity index (χ0n) is 10.9. The van der Waals surface area contributed by atoms with E-state index in [9.17, 15) is 0 Å². The van der Waals surface area contributed by atoms with E-state index in [1.807, 2.05) is 29.9 Å². The van der Waals surface area contributed by atoms with Crippen molar-refractivity contribution in [3.05, 3.63) is 41.6 Å². The highest BCUT2D eigenvalue weighted by atomic mass is 15.3. The molecule has 0 fully saturated rings. The molecule has 3 heteroatoms. The molecule has 0 saturated carbocycles. The Balaban J connectivity index is 2.16. The van der Waals surface area contributed by atoms with E-state index in [1.54, 1.807) is 0 Å². The van der Waals surface area contributed by atoms with Crippen molar-refractivity contribution in [1.82, 2.24) is 9.78 Å². The Kier molecular flexibility index (Phi) is 2.71. The molecule has 2 atom stereocenters. The van der Waals surface area contributed by atoms with Crippen LogP contribution in [0.5, 0.6) is 0 Å². The summed E-state index contributed by atoms with van der Waals surface area (Å²) in [5.41, 5.74) is 11.1. The van der Waals surface area contributed by atoms with Crippen LogP contribution >= 0.6 is 0 Å². The Morgan fingerprint density at radius 3 is 2.72 bits per heavy atom. The maximum Gasteiger partial charge on any atom is 0.0973 e. The summed E-state index contributed by atoms with van der Waals surface area (Å²) in [7, 11) is 2.02. The van der Waals surface area contributed by atoms with Gasteiger partial charge in [-0.25, -0.2) is 0 Å². The molecular formula is C15H19N3. The molecule has 3 rings (SSSR count). The Bertz CT molecular complexity index is 557. The number of rotatable bonds is 1. The highest BCUT2D eigenvalue weighted by Gasteiger charge is 2.29. The second-order valence-electron chi connectivity index (χ2n) is 5.35. The van der Waals surface area contributed by atoms with Crippen molar-refractivity contribution in [2.45, 2.75) is 25.8 Å². The van der Waals surface area contributed by atoms with Crippen LogP contribution in [0.3, 0.4) is 0 Å². The Morgan fingerprint density at radius 1 is 1.28 bits per heavy atom. The van der Waals surface area contributed by atoms with E-state index in [0.717, 1.165) is 18.5 Å². The summed E-state index contributed by atoms with van der Waals surface area (Å²) in [6, 6.07) is 10.5. The lowest BCUT2D eigenvalue weighted by atomic mass is 9.83. The molecule has 2 unspecified atom stereocenters. The van der Waals surface area contributed by atoms with E-state index in [1.165, 1.54) is 16.8 Å². The van der Waals surface area contributed by atoms with Crippen LogP contribution in [0.4, 0.5) is 0 Å². The molecule has 0 saturated heterocycles. The zero-order valence-corrected chi connectivity index (χ0v) is 10.9. The lowest BCUT2D eigenvalue weighted by Gasteiger charge is -2.25. The SMILES string of the molecule is CC1Cc2c(c(-c3ccccc3)nn2C)C(N)C1.